The first-order valence-corrected chi connectivity index (χ1v) is 10.8. The van der Waals surface area contributed by atoms with E-state index in [1.807, 2.05) is 30.3 Å². The van der Waals surface area contributed by atoms with Gasteiger partial charge < -0.3 is 10.2 Å². The lowest BCUT2D eigenvalue weighted by molar-refractivity contribution is -0.137. The second-order valence-electron chi connectivity index (χ2n) is 7.72. The summed E-state index contributed by atoms with van der Waals surface area (Å²) < 4.78 is 38.6. The molecule has 1 heterocycles. The van der Waals surface area contributed by atoms with Crippen molar-refractivity contribution in [3.05, 3.63) is 76.3 Å². The summed E-state index contributed by atoms with van der Waals surface area (Å²) in [4.78, 5) is 26.2. The molecule has 1 N–H and O–H groups in total. The normalized spacial score (nSPS) is 15.2. The maximum Gasteiger partial charge on any atom is 0.416 e. The van der Waals surface area contributed by atoms with Crippen molar-refractivity contribution < 1.29 is 22.8 Å². The number of alkyl halides is 3. The van der Waals surface area contributed by atoms with Gasteiger partial charge in [0.1, 0.15) is 0 Å². The third-order valence-electron chi connectivity index (χ3n) is 5.38. The van der Waals surface area contributed by atoms with E-state index in [4.69, 9.17) is 11.6 Å². The van der Waals surface area contributed by atoms with Gasteiger partial charge in [0.2, 0.25) is 11.8 Å². The molecule has 0 unspecified atom stereocenters. The van der Waals surface area contributed by atoms with Crippen LogP contribution in [0.25, 0.3) is 6.08 Å². The number of nitrogens with zero attached hydrogens (tertiary/aromatic N) is 1. The molecule has 0 radical (unpaired) electrons. The van der Waals surface area contributed by atoms with Crippen LogP contribution in [0.4, 0.5) is 13.2 Å². The lowest BCUT2D eigenvalue weighted by Gasteiger charge is -2.31. The molecule has 2 amide bonds. The average molecular weight is 465 g/mol. The first-order valence-electron chi connectivity index (χ1n) is 10.4. The number of benzene rings is 2. The third-order valence-corrected chi connectivity index (χ3v) is 5.73. The molecule has 0 saturated carbocycles. The van der Waals surface area contributed by atoms with Crippen LogP contribution in [0.5, 0.6) is 0 Å². The van der Waals surface area contributed by atoms with E-state index in [9.17, 15) is 22.8 Å². The molecule has 8 heteroatoms. The van der Waals surface area contributed by atoms with Crippen molar-refractivity contribution in [1.29, 1.82) is 0 Å². The molecular weight excluding hydrogens is 441 g/mol. The highest BCUT2D eigenvalue weighted by Gasteiger charge is 2.30. The Labute approximate surface area is 190 Å². The number of rotatable bonds is 6. The number of amides is 2. The van der Waals surface area contributed by atoms with Crippen LogP contribution in [-0.2, 0) is 22.2 Å². The van der Waals surface area contributed by atoms with Crippen molar-refractivity contribution in [2.75, 3.05) is 13.1 Å². The number of aryl methyl sites for hydroxylation is 1. The molecule has 3 rings (SSSR count). The monoisotopic (exact) mass is 464 g/mol. The highest BCUT2D eigenvalue weighted by Crippen LogP contribution is 2.32. The van der Waals surface area contributed by atoms with Crippen LogP contribution in [0, 0.1) is 0 Å². The molecule has 1 aliphatic heterocycles. The maximum atomic E-state index is 12.9. The van der Waals surface area contributed by atoms with E-state index in [1.165, 1.54) is 18.2 Å². The van der Waals surface area contributed by atoms with E-state index in [1.54, 1.807) is 4.90 Å². The summed E-state index contributed by atoms with van der Waals surface area (Å²) in [5.41, 5.74) is 0.420. The molecule has 0 aliphatic carbocycles. The van der Waals surface area contributed by atoms with Gasteiger partial charge in [-0.2, -0.15) is 13.2 Å². The second kappa shape index (κ2) is 10.7. The van der Waals surface area contributed by atoms with E-state index in [0.717, 1.165) is 17.7 Å². The van der Waals surface area contributed by atoms with Crippen molar-refractivity contribution in [1.82, 2.24) is 10.2 Å². The predicted octanol–water partition coefficient (Wildman–Crippen LogP) is 5.11. The molecule has 1 saturated heterocycles. The summed E-state index contributed by atoms with van der Waals surface area (Å²) in [5.74, 6) is -0.315. The van der Waals surface area contributed by atoms with Gasteiger partial charge in [-0.15, -0.1) is 0 Å². The minimum atomic E-state index is -4.48. The van der Waals surface area contributed by atoms with Crippen LogP contribution in [0.2, 0.25) is 5.02 Å². The molecule has 2 aromatic rings. The number of halogens is 4. The molecule has 170 valence electrons. The average Bonchev–Trinajstić information content (AvgIpc) is 2.77. The van der Waals surface area contributed by atoms with E-state index < -0.39 is 11.7 Å². The molecule has 32 heavy (non-hydrogen) atoms. The summed E-state index contributed by atoms with van der Waals surface area (Å²) in [6.07, 6.45) is 0.389. The standard InChI is InChI=1S/C24H24ClF3N2O2/c25-21-9-8-19(24(26,27)28)16-18(21)7-11-23(32)30-14-12-20(13-15-30)29-22(31)10-6-17-4-2-1-3-5-17/h1-5,7-9,11,16,20H,6,10,12-15H2,(H,29,31). The van der Waals surface area contributed by atoms with E-state index in [0.29, 0.717) is 38.8 Å². The number of likely N-dealkylation sites (tertiary alicyclic amines) is 1. The van der Waals surface area contributed by atoms with E-state index in [-0.39, 0.29) is 28.4 Å². The summed E-state index contributed by atoms with van der Waals surface area (Å²) in [6.45, 7) is 0.923. The minimum absolute atomic E-state index is 0.00390. The number of nitrogens with one attached hydrogen (secondary N) is 1. The smallest absolute Gasteiger partial charge is 0.353 e. The Morgan fingerprint density at radius 2 is 1.78 bits per heavy atom. The Kier molecular flexibility index (Phi) is 7.96. The second-order valence-corrected chi connectivity index (χ2v) is 8.13. The van der Waals surface area contributed by atoms with Crippen LogP contribution in [0.1, 0.15) is 36.0 Å². The van der Waals surface area contributed by atoms with Crippen LogP contribution in [-0.4, -0.2) is 35.8 Å². The van der Waals surface area contributed by atoms with Crippen molar-refractivity contribution in [2.45, 2.75) is 37.9 Å². The molecule has 0 spiro atoms. The Hall–Kier alpha value is -2.80. The third kappa shape index (κ3) is 6.85. The van der Waals surface area contributed by atoms with Crippen LogP contribution >= 0.6 is 11.6 Å². The highest BCUT2D eigenvalue weighted by atomic mass is 35.5. The Morgan fingerprint density at radius 3 is 2.44 bits per heavy atom. The van der Waals surface area contributed by atoms with Crippen LogP contribution < -0.4 is 5.32 Å². The molecule has 0 bridgehead atoms. The lowest BCUT2D eigenvalue weighted by atomic mass is 10.0. The number of carbonyl (C=O) groups excluding carboxylic acids is 2. The lowest BCUT2D eigenvalue weighted by Crippen LogP contribution is -2.46. The molecule has 0 atom stereocenters. The summed E-state index contributed by atoms with van der Waals surface area (Å²) in [6, 6.07) is 12.8. The van der Waals surface area contributed by atoms with Gasteiger partial charge in [0.15, 0.2) is 0 Å². The predicted molar refractivity (Wildman–Crippen MR) is 118 cm³/mol. The molecule has 1 aliphatic rings. The fraction of sp³-hybridized carbons (Fsp3) is 0.333. The van der Waals surface area contributed by atoms with Gasteiger partial charge >= 0.3 is 6.18 Å². The largest absolute Gasteiger partial charge is 0.416 e. The van der Waals surface area contributed by atoms with Crippen molar-refractivity contribution in [3.63, 3.8) is 0 Å². The number of carbonyl (C=O) groups is 2. The SMILES string of the molecule is O=C(CCc1ccccc1)NC1CCN(C(=O)C=Cc2cc(C(F)(F)F)ccc2Cl)CC1. The Bertz CT molecular complexity index is 969. The fourth-order valence-corrected chi connectivity index (χ4v) is 3.74. The van der Waals surface area contributed by atoms with Crippen molar-refractivity contribution >= 4 is 29.5 Å². The fourth-order valence-electron chi connectivity index (χ4n) is 3.56. The van der Waals surface area contributed by atoms with Gasteiger partial charge in [-0.3, -0.25) is 9.59 Å². The Balaban J connectivity index is 1.47. The van der Waals surface area contributed by atoms with E-state index in [2.05, 4.69) is 5.32 Å². The first kappa shape index (κ1) is 23.9. The zero-order valence-corrected chi connectivity index (χ0v) is 18.1. The van der Waals surface area contributed by atoms with Gasteiger partial charge in [-0.25, -0.2) is 0 Å². The quantitative estimate of drug-likeness (QED) is 0.604. The Morgan fingerprint density at radius 1 is 1.09 bits per heavy atom. The van der Waals surface area contributed by atoms with Crippen LogP contribution in [0.3, 0.4) is 0 Å². The summed E-state index contributed by atoms with van der Waals surface area (Å²) in [7, 11) is 0. The zero-order chi connectivity index (χ0) is 23.1. The molecule has 4 nitrogen and oxygen atoms in total. The van der Waals surface area contributed by atoms with Gasteiger partial charge in [-0.1, -0.05) is 41.9 Å². The first-order chi connectivity index (χ1) is 15.2. The molecule has 0 aromatic heterocycles. The molecule has 1 fully saturated rings. The minimum Gasteiger partial charge on any atom is -0.353 e. The van der Waals surface area contributed by atoms with Gasteiger partial charge in [0, 0.05) is 36.7 Å². The van der Waals surface area contributed by atoms with Gasteiger partial charge in [0.05, 0.1) is 5.56 Å². The molecular formula is C24H24ClF3N2O2. The molecule has 2 aromatic carbocycles. The van der Waals surface area contributed by atoms with Gasteiger partial charge in [-0.05, 0) is 54.7 Å². The summed E-state index contributed by atoms with van der Waals surface area (Å²) >= 11 is 5.96. The highest BCUT2D eigenvalue weighted by molar-refractivity contribution is 6.32. The maximum absolute atomic E-state index is 12.9. The number of piperidine rings is 1. The van der Waals surface area contributed by atoms with Gasteiger partial charge in [0.25, 0.3) is 0 Å². The van der Waals surface area contributed by atoms with Crippen molar-refractivity contribution in [2.24, 2.45) is 0 Å². The number of hydrogen-bond donors (Lipinski definition) is 1. The topological polar surface area (TPSA) is 49.4 Å². The van der Waals surface area contributed by atoms with Crippen molar-refractivity contribution in [3.8, 4) is 0 Å². The number of hydrogen-bond acceptors (Lipinski definition) is 2. The van der Waals surface area contributed by atoms with E-state index >= 15 is 0 Å². The summed E-state index contributed by atoms with van der Waals surface area (Å²) in [5, 5.41) is 3.15. The van der Waals surface area contributed by atoms with Crippen LogP contribution in [0.15, 0.2) is 54.6 Å². The zero-order valence-electron chi connectivity index (χ0n) is 17.4.